The van der Waals surface area contributed by atoms with Gasteiger partial charge < -0.3 is 10.0 Å². The molecule has 0 spiro atoms. The summed E-state index contributed by atoms with van der Waals surface area (Å²) in [7, 11) is 1.70. The number of benzene rings is 3. The average molecular weight is 323 g/mol. The number of phenols is 1. The first-order valence-electron chi connectivity index (χ1n) is 7.71. The molecule has 0 heterocycles. The number of rotatable bonds is 2. The number of para-hydroxylation sites is 1. The van der Waals surface area contributed by atoms with E-state index < -0.39 is 0 Å². The minimum atomic E-state index is -0.232. The van der Waals surface area contributed by atoms with Gasteiger partial charge in [-0.05, 0) is 35.0 Å². The quantitative estimate of drug-likeness (QED) is 0.678. The standard InChI is InChI=1S/C18H15NO2.C2H6.CH4/c1-19(15-9-3-2-4-10-15)18(21)16-11-13-7-5-6-8-14(13)12-17(16)20;1-2;/h2-12,20H,1H3;1-2H3;1H4. The lowest BCUT2D eigenvalue weighted by Crippen LogP contribution is -2.26. The fraction of sp³-hybridized carbons (Fsp3) is 0.190. The van der Waals surface area contributed by atoms with Crippen LogP contribution in [0, 0.1) is 0 Å². The Labute approximate surface area is 144 Å². The molecule has 0 aliphatic heterocycles. The summed E-state index contributed by atoms with van der Waals surface area (Å²) in [5.41, 5.74) is 1.09. The summed E-state index contributed by atoms with van der Waals surface area (Å²) in [5, 5.41) is 12.0. The number of anilines is 1. The molecule has 126 valence electrons. The van der Waals surface area contributed by atoms with Crippen LogP contribution in [0.3, 0.4) is 0 Å². The summed E-state index contributed by atoms with van der Waals surface area (Å²) in [6, 6.07) is 20.4. The Balaban J connectivity index is 0.000000925. The van der Waals surface area contributed by atoms with Crippen molar-refractivity contribution in [1.82, 2.24) is 0 Å². The fourth-order valence-corrected chi connectivity index (χ4v) is 2.35. The summed E-state index contributed by atoms with van der Waals surface area (Å²) in [6.07, 6.45) is 0. The maximum absolute atomic E-state index is 12.6. The minimum Gasteiger partial charge on any atom is -0.507 e. The van der Waals surface area contributed by atoms with Crippen LogP contribution in [-0.2, 0) is 0 Å². The van der Waals surface area contributed by atoms with Crippen molar-refractivity contribution in [2.45, 2.75) is 21.3 Å². The van der Waals surface area contributed by atoms with Crippen molar-refractivity contribution < 1.29 is 9.90 Å². The van der Waals surface area contributed by atoms with Crippen LogP contribution in [0.25, 0.3) is 10.8 Å². The molecule has 0 radical (unpaired) electrons. The van der Waals surface area contributed by atoms with Crippen LogP contribution in [0.2, 0.25) is 0 Å². The van der Waals surface area contributed by atoms with Gasteiger partial charge >= 0.3 is 0 Å². The minimum absolute atomic E-state index is 0. The van der Waals surface area contributed by atoms with Gasteiger partial charge in [-0.3, -0.25) is 4.79 Å². The van der Waals surface area contributed by atoms with Gasteiger partial charge in [0.05, 0.1) is 5.56 Å². The SMILES string of the molecule is C.CC.CN(C(=O)c1cc2ccccc2cc1O)c1ccccc1. The molecule has 3 rings (SSSR count). The van der Waals surface area contributed by atoms with Gasteiger partial charge in [0.25, 0.3) is 5.91 Å². The Hall–Kier alpha value is -2.81. The third kappa shape index (κ3) is 3.93. The maximum atomic E-state index is 12.6. The van der Waals surface area contributed by atoms with E-state index in [-0.39, 0.29) is 19.1 Å². The van der Waals surface area contributed by atoms with Crippen LogP contribution < -0.4 is 4.90 Å². The van der Waals surface area contributed by atoms with Gasteiger partial charge in [0.2, 0.25) is 0 Å². The lowest BCUT2D eigenvalue weighted by atomic mass is 10.0. The van der Waals surface area contributed by atoms with Crippen LogP contribution in [0.15, 0.2) is 66.7 Å². The highest BCUT2D eigenvalue weighted by molar-refractivity contribution is 6.09. The van der Waals surface area contributed by atoms with Gasteiger partial charge in [-0.2, -0.15) is 0 Å². The van der Waals surface area contributed by atoms with Crippen molar-refractivity contribution in [2.24, 2.45) is 0 Å². The van der Waals surface area contributed by atoms with Crippen molar-refractivity contribution in [3.05, 3.63) is 72.3 Å². The Morgan fingerprint density at radius 1 is 0.875 bits per heavy atom. The van der Waals surface area contributed by atoms with E-state index in [1.807, 2.05) is 68.4 Å². The number of amides is 1. The van der Waals surface area contributed by atoms with Crippen LogP contribution in [0.5, 0.6) is 5.75 Å². The largest absolute Gasteiger partial charge is 0.507 e. The Kier molecular flexibility index (Phi) is 6.99. The Bertz CT molecular complexity index is 797. The zero-order valence-electron chi connectivity index (χ0n) is 13.7. The normalized spacial score (nSPS) is 9.46. The zero-order chi connectivity index (χ0) is 16.8. The molecule has 0 atom stereocenters. The molecule has 0 aromatic heterocycles. The summed E-state index contributed by atoms with van der Waals surface area (Å²) < 4.78 is 0. The van der Waals surface area contributed by atoms with E-state index in [2.05, 4.69) is 0 Å². The number of carbonyl (C=O) groups excluding carboxylic acids is 1. The lowest BCUT2D eigenvalue weighted by Gasteiger charge is -2.18. The molecule has 0 saturated heterocycles. The molecule has 1 amide bonds. The number of phenolic OH excluding ortho intramolecular Hbond substituents is 1. The molecular formula is C21H25NO2. The number of hydrogen-bond donors (Lipinski definition) is 1. The lowest BCUT2D eigenvalue weighted by molar-refractivity contribution is 0.0990. The molecule has 3 nitrogen and oxygen atoms in total. The van der Waals surface area contributed by atoms with Gasteiger partial charge in [0.1, 0.15) is 5.75 Å². The van der Waals surface area contributed by atoms with Gasteiger partial charge in [-0.25, -0.2) is 0 Å². The smallest absolute Gasteiger partial charge is 0.261 e. The second-order valence-corrected chi connectivity index (χ2v) is 4.92. The number of fused-ring (bicyclic) bond motifs is 1. The van der Waals surface area contributed by atoms with E-state index in [4.69, 9.17) is 0 Å². The molecule has 0 aliphatic rings. The molecule has 3 aromatic rings. The second-order valence-electron chi connectivity index (χ2n) is 4.92. The molecule has 0 bridgehead atoms. The molecule has 24 heavy (non-hydrogen) atoms. The number of aromatic hydroxyl groups is 1. The monoisotopic (exact) mass is 323 g/mol. The van der Waals surface area contributed by atoms with Crippen molar-refractivity contribution in [2.75, 3.05) is 11.9 Å². The van der Waals surface area contributed by atoms with Gasteiger partial charge in [0.15, 0.2) is 0 Å². The van der Waals surface area contributed by atoms with Crippen molar-refractivity contribution in [3.63, 3.8) is 0 Å². The summed E-state index contributed by atoms with van der Waals surface area (Å²) in [6.45, 7) is 4.00. The molecule has 0 unspecified atom stereocenters. The topological polar surface area (TPSA) is 40.5 Å². The average Bonchev–Trinajstić information content (AvgIpc) is 2.62. The van der Waals surface area contributed by atoms with Crippen LogP contribution >= 0.6 is 0 Å². The molecule has 1 N–H and O–H groups in total. The van der Waals surface area contributed by atoms with Gasteiger partial charge in [-0.1, -0.05) is 63.7 Å². The molecule has 0 saturated carbocycles. The molecule has 3 aromatic carbocycles. The predicted octanol–water partition coefficient (Wildman–Crippen LogP) is 5.48. The highest BCUT2D eigenvalue weighted by atomic mass is 16.3. The van der Waals surface area contributed by atoms with Crippen molar-refractivity contribution >= 4 is 22.4 Å². The van der Waals surface area contributed by atoms with Crippen molar-refractivity contribution in [3.8, 4) is 5.75 Å². The van der Waals surface area contributed by atoms with Crippen LogP contribution in [0.4, 0.5) is 5.69 Å². The van der Waals surface area contributed by atoms with Gasteiger partial charge in [-0.15, -0.1) is 0 Å². The third-order valence-corrected chi connectivity index (χ3v) is 3.54. The van der Waals surface area contributed by atoms with Gasteiger partial charge in [0, 0.05) is 12.7 Å². The van der Waals surface area contributed by atoms with E-state index in [0.717, 1.165) is 16.5 Å². The van der Waals surface area contributed by atoms with E-state index in [1.54, 1.807) is 19.2 Å². The second kappa shape index (κ2) is 8.73. The van der Waals surface area contributed by atoms with E-state index in [0.29, 0.717) is 5.56 Å². The Morgan fingerprint density at radius 3 is 1.96 bits per heavy atom. The number of nitrogens with zero attached hydrogens (tertiary/aromatic N) is 1. The molecule has 0 aliphatic carbocycles. The van der Waals surface area contributed by atoms with Crippen molar-refractivity contribution in [1.29, 1.82) is 0 Å². The summed E-state index contributed by atoms with van der Waals surface area (Å²) in [5.74, 6) is -0.231. The number of hydrogen-bond acceptors (Lipinski definition) is 2. The maximum Gasteiger partial charge on any atom is 0.261 e. The van der Waals surface area contributed by atoms with Crippen LogP contribution in [-0.4, -0.2) is 18.1 Å². The Morgan fingerprint density at radius 2 is 1.38 bits per heavy atom. The van der Waals surface area contributed by atoms with E-state index in [9.17, 15) is 9.90 Å². The first kappa shape index (κ1) is 19.2. The first-order chi connectivity index (χ1) is 11.2. The molecule has 3 heteroatoms. The predicted molar refractivity (Wildman–Crippen MR) is 103 cm³/mol. The summed E-state index contributed by atoms with van der Waals surface area (Å²) in [4.78, 5) is 14.1. The third-order valence-electron chi connectivity index (χ3n) is 3.54. The van der Waals surface area contributed by atoms with E-state index in [1.165, 1.54) is 4.90 Å². The van der Waals surface area contributed by atoms with Crippen LogP contribution in [0.1, 0.15) is 31.6 Å². The number of carbonyl (C=O) groups is 1. The highest BCUT2D eigenvalue weighted by Crippen LogP contribution is 2.27. The highest BCUT2D eigenvalue weighted by Gasteiger charge is 2.17. The van der Waals surface area contributed by atoms with E-state index >= 15 is 0 Å². The molecule has 0 fully saturated rings. The zero-order valence-corrected chi connectivity index (χ0v) is 13.7. The fourth-order valence-electron chi connectivity index (χ4n) is 2.35. The summed E-state index contributed by atoms with van der Waals surface area (Å²) >= 11 is 0. The molecular weight excluding hydrogens is 298 g/mol. The first-order valence-corrected chi connectivity index (χ1v) is 7.71.